The number of benzene rings is 2. The van der Waals surface area contributed by atoms with Crippen LogP contribution in [-0.4, -0.2) is 52.7 Å². The molecular weight excluding hydrogens is 398 g/mol. The van der Waals surface area contributed by atoms with Crippen LogP contribution in [0.15, 0.2) is 58.7 Å². The van der Waals surface area contributed by atoms with Crippen LogP contribution in [0.1, 0.15) is 23.1 Å². The summed E-state index contributed by atoms with van der Waals surface area (Å²) in [5, 5.41) is 0. The number of guanidine groups is 1. The van der Waals surface area contributed by atoms with Gasteiger partial charge in [-0.05, 0) is 35.7 Å². The Morgan fingerprint density at radius 3 is 2.68 bits per heavy atom. The van der Waals surface area contributed by atoms with E-state index < -0.39 is 11.6 Å². The molecule has 5 rings (SSSR count). The highest BCUT2D eigenvalue weighted by Gasteiger charge is 2.41. The zero-order chi connectivity index (χ0) is 21.5. The third-order valence-electron chi connectivity index (χ3n) is 6.26. The molecule has 0 spiro atoms. The number of hydrogen-bond acceptors (Lipinski definition) is 4. The molecule has 0 unspecified atom stereocenters. The fourth-order valence-electron chi connectivity index (χ4n) is 4.61. The van der Waals surface area contributed by atoms with E-state index >= 15 is 0 Å². The van der Waals surface area contributed by atoms with Crippen molar-refractivity contribution in [3.63, 3.8) is 0 Å². The van der Waals surface area contributed by atoms with Crippen LogP contribution in [0, 0.1) is 18.6 Å². The first-order valence-corrected chi connectivity index (χ1v) is 10.6. The Morgan fingerprint density at radius 2 is 1.87 bits per heavy atom. The van der Waals surface area contributed by atoms with Crippen LogP contribution in [0.4, 0.5) is 8.78 Å². The number of nitrogens with zero attached hydrogens (tertiary/aromatic N) is 4. The van der Waals surface area contributed by atoms with Gasteiger partial charge in [-0.25, -0.2) is 8.78 Å². The number of carbonyl (C=O) groups excluding carboxylic acids is 1. The van der Waals surface area contributed by atoms with Gasteiger partial charge in [-0.1, -0.05) is 30.3 Å². The monoisotopic (exact) mass is 422 g/mol. The highest BCUT2D eigenvalue weighted by Crippen LogP contribution is 2.32. The van der Waals surface area contributed by atoms with Crippen LogP contribution in [-0.2, 0) is 17.9 Å². The summed E-state index contributed by atoms with van der Waals surface area (Å²) in [5.74, 6) is -0.945. The van der Waals surface area contributed by atoms with Crippen molar-refractivity contribution in [3.8, 4) is 0 Å². The van der Waals surface area contributed by atoms with Crippen LogP contribution < -0.4 is 0 Å². The van der Waals surface area contributed by atoms with E-state index in [0.717, 1.165) is 53.9 Å². The van der Waals surface area contributed by atoms with Crippen molar-refractivity contribution in [3.05, 3.63) is 82.1 Å². The normalized spacial score (nSPS) is 18.9. The number of amides is 1. The van der Waals surface area contributed by atoms with Gasteiger partial charge in [-0.15, -0.1) is 0 Å². The molecule has 0 aromatic heterocycles. The first kappa shape index (κ1) is 19.9. The van der Waals surface area contributed by atoms with Gasteiger partial charge >= 0.3 is 0 Å². The zero-order valence-electron chi connectivity index (χ0n) is 17.4. The van der Waals surface area contributed by atoms with Crippen LogP contribution >= 0.6 is 0 Å². The third kappa shape index (κ3) is 3.63. The zero-order valence-corrected chi connectivity index (χ0v) is 17.4. The van der Waals surface area contributed by atoms with Crippen molar-refractivity contribution >= 4 is 11.9 Å². The molecule has 0 atom stereocenters. The Labute approximate surface area is 180 Å². The summed E-state index contributed by atoms with van der Waals surface area (Å²) in [6.07, 6.45) is 0.738. The Bertz CT molecular complexity index is 1110. The quantitative estimate of drug-likeness (QED) is 0.758. The first-order chi connectivity index (χ1) is 15.0. The van der Waals surface area contributed by atoms with E-state index in [2.05, 4.69) is 14.8 Å². The van der Waals surface area contributed by atoms with Gasteiger partial charge in [0.25, 0.3) is 5.91 Å². The van der Waals surface area contributed by atoms with Crippen LogP contribution in [0.3, 0.4) is 0 Å². The van der Waals surface area contributed by atoms with Gasteiger partial charge in [0.05, 0.1) is 18.7 Å². The fraction of sp³-hybridized carbons (Fsp3) is 0.333. The standard InChI is InChI=1S/C24H24F2N4O/c1-16-4-2-3-5-18(16)14-30-23(31)19-15-28(13-17-6-7-20(25)21(26)12-17)10-8-22(19)29-11-9-27-24(29)30/h2-7,12H,8-11,13-15H2,1H3. The molecule has 160 valence electrons. The molecule has 5 nitrogen and oxygen atoms in total. The third-order valence-corrected chi connectivity index (χ3v) is 6.26. The summed E-state index contributed by atoms with van der Waals surface area (Å²) in [6, 6.07) is 12.1. The smallest absolute Gasteiger partial charge is 0.259 e. The minimum atomic E-state index is -0.845. The molecule has 0 saturated heterocycles. The van der Waals surface area contributed by atoms with Gasteiger partial charge < -0.3 is 4.90 Å². The number of rotatable bonds is 4. The lowest BCUT2D eigenvalue weighted by molar-refractivity contribution is -0.125. The van der Waals surface area contributed by atoms with Gasteiger partial charge in [0, 0.05) is 38.3 Å². The molecule has 7 heteroatoms. The Kier molecular flexibility index (Phi) is 5.06. The Hall–Kier alpha value is -3.06. The van der Waals surface area contributed by atoms with Gasteiger partial charge in [0.1, 0.15) is 0 Å². The second-order valence-corrected chi connectivity index (χ2v) is 8.29. The maximum absolute atomic E-state index is 13.6. The van der Waals surface area contributed by atoms with Crippen molar-refractivity contribution in [2.45, 2.75) is 26.4 Å². The number of halogens is 2. The molecule has 0 aliphatic carbocycles. The van der Waals surface area contributed by atoms with Crippen molar-refractivity contribution in [1.82, 2.24) is 14.7 Å². The van der Waals surface area contributed by atoms with Crippen LogP contribution in [0.25, 0.3) is 0 Å². The molecule has 0 radical (unpaired) electrons. The Morgan fingerprint density at radius 1 is 1.03 bits per heavy atom. The minimum absolute atomic E-state index is 0.00913. The fourth-order valence-corrected chi connectivity index (χ4v) is 4.61. The molecule has 0 fully saturated rings. The maximum Gasteiger partial charge on any atom is 0.259 e. The first-order valence-electron chi connectivity index (χ1n) is 10.6. The molecule has 3 heterocycles. The van der Waals surface area contributed by atoms with E-state index in [1.807, 2.05) is 31.2 Å². The lowest BCUT2D eigenvalue weighted by Gasteiger charge is -2.42. The minimum Gasteiger partial charge on any atom is -0.314 e. The van der Waals surface area contributed by atoms with E-state index in [9.17, 15) is 13.6 Å². The highest BCUT2D eigenvalue weighted by molar-refractivity contribution is 6.09. The number of fused-ring (bicyclic) bond motifs is 2. The molecule has 1 amide bonds. The summed E-state index contributed by atoms with van der Waals surface area (Å²) < 4.78 is 26.9. The molecule has 0 bridgehead atoms. The van der Waals surface area contributed by atoms with Crippen molar-refractivity contribution in [2.75, 3.05) is 26.2 Å². The van der Waals surface area contributed by atoms with Gasteiger partial charge in [0.2, 0.25) is 5.96 Å². The molecule has 31 heavy (non-hydrogen) atoms. The van der Waals surface area contributed by atoms with Crippen molar-refractivity contribution in [1.29, 1.82) is 0 Å². The van der Waals surface area contributed by atoms with E-state index in [1.54, 1.807) is 11.0 Å². The van der Waals surface area contributed by atoms with Gasteiger partial charge in [0.15, 0.2) is 11.6 Å². The van der Waals surface area contributed by atoms with E-state index in [-0.39, 0.29) is 5.91 Å². The number of aryl methyl sites for hydroxylation is 1. The molecule has 2 aromatic carbocycles. The van der Waals surface area contributed by atoms with Crippen molar-refractivity contribution < 1.29 is 13.6 Å². The van der Waals surface area contributed by atoms with Crippen LogP contribution in [0.5, 0.6) is 0 Å². The van der Waals surface area contributed by atoms with Crippen LogP contribution in [0.2, 0.25) is 0 Å². The number of carbonyl (C=O) groups is 1. The lowest BCUT2D eigenvalue weighted by atomic mass is 9.99. The number of aliphatic imine (C=N–C) groups is 1. The number of hydrogen-bond donors (Lipinski definition) is 0. The van der Waals surface area contributed by atoms with E-state index in [4.69, 9.17) is 0 Å². The molecule has 0 N–H and O–H groups in total. The second kappa shape index (κ2) is 7.89. The summed E-state index contributed by atoms with van der Waals surface area (Å²) in [7, 11) is 0. The van der Waals surface area contributed by atoms with Gasteiger partial charge in [-0.2, -0.15) is 0 Å². The maximum atomic E-state index is 13.6. The molecule has 3 aliphatic rings. The predicted molar refractivity (Wildman–Crippen MR) is 114 cm³/mol. The predicted octanol–water partition coefficient (Wildman–Crippen LogP) is 3.45. The molecule has 2 aromatic rings. The lowest BCUT2D eigenvalue weighted by Crippen LogP contribution is -2.53. The average molecular weight is 422 g/mol. The van der Waals surface area contributed by atoms with Gasteiger partial charge in [-0.3, -0.25) is 19.6 Å². The van der Waals surface area contributed by atoms with Crippen molar-refractivity contribution in [2.24, 2.45) is 4.99 Å². The topological polar surface area (TPSA) is 39.2 Å². The molecular formula is C24H24F2N4O. The Balaban J connectivity index is 1.40. The average Bonchev–Trinajstić information content (AvgIpc) is 3.25. The summed E-state index contributed by atoms with van der Waals surface area (Å²) in [6.45, 7) is 5.72. The van der Waals surface area contributed by atoms with E-state index in [1.165, 1.54) is 6.07 Å². The largest absolute Gasteiger partial charge is 0.314 e. The second-order valence-electron chi connectivity index (χ2n) is 8.29. The molecule has 3 aliphatic heterocycles. The SMILES string of the molecule is Cc1ccccc1CN1C(=O)C2=C(CCN(Cc3ccc(F)c(F)c3)C2)N2CCN=C12. The van der Waals surface area contributed by atoms with E-state index in [0.29, 0.717) is 31.7 Å². The highest BCUT2D eigenvalue weighted by atomic mass is 19.2. The summed E-state index contributed by atoms with van der Waals surface area (Å²) >= 11 is 0. The summed E-state index contributed by atoms with van der Waals surface area (Å²) in [4.78, 5) is 24.3. The summed E-state index contributed by atoms with van der Waals surface area (Å²) in [5.41, 5.74) is 4.78. The molecule has 0 saturated carbocycles.